The summed E-state index contributed by atoms with van der Waals surface area (Å²) in [5.74, 6) is 0.226. The molecule has 0 spiro atoms. The number of hydrogen-bond donors (Lipinski definition) is 0. The highest BCUT2D eigenvalue weighted by Crippen LogP contribution is 2.34. The number of nitro groups is 1. The van der Waals surface area contributed by atoms with Crippen LogP contribution in [0.4, 0.5) is 5.69 Å². The van der Waals surface area contributed by atoms with Crippen molar-refractivity contribution in [3.05, 3.63) is 87.8 Å². The third-order valence-corrected chi connectivity index (χ3v) is 6.35. The average molecular weight is 444 g/mol. The first-order valence-electron chi connectivity index (χ1n) is 8.67. The van der Waals surface area contributed by atoms with E-state index in [2.05, 4.69) is 4.98 Å². The van der Waals surface area contributed by atoms with Gasteiger partial charge >= 0.3 is 5.69 Å². The van der Waals surface area contributed by atoms with E-state index in [1.807, 2.05) is 6.92 Å². The standard InChI is InChI=1S/C20H14ClN3O5S/c1-13-2-5-16(6-3-13)30(27,28)23-9-8-14-10-15(4-7-17(14)23)29-19-11-20(21)22-12-18(19)24(25)26/h2-12H,1H3. The molecule has 0 atom stereocenters. The van der Waals surface area contributed by atoms with Gasteiger partial charge in [0.15, 0.2) is 0 Å². The number of nitrogens with zero attached hydrogens (tertiary/aromatic N) is 3. The molecule has 152 valence electrons. The first-order chi connectivity index (χ1) is 14.3. The van der Waals surface area contributed by atoms with E-state index >= 15 is 0 Å². The lowest BCUT2D eigenvalue weighted by Crippen LogP contribution is -2.11. The highest BCUT2D eigenvalue weighted by atomic mass is 35.5. The fourth-order valence-electron chi connectivity index (χ4n) is 2.94. The molecule has 30 heavy (non-hydrogen) atoms. The molecule has 0 amide bonds. The Morgan fingerprint density at radius 2 is 1.83 bits per heavy atom. The molecule has 8 nitrogen and oxygen atoms in total. The summed E-state index contributed by atoms with van der Waals surface area (Å²) in [6, 6.07) is 14.1. The molecule has 0 aliphatic rings. The molecule has 2 aromatic carbocycles. The summed E-state index contributed by atoms with van der Waals surface area (Å²) < 4.78 is 32.8. The predicted octanol–water partition coefficient (Wildman–Crippen LogP) is 4.94. The number of hydrogen-bond acceptors (Lipinski definition) is 6. The number of aryl methyl sites for hydroxylation is 1. The molecule has 0 unspecified atom stereocenters. The summed E-state index contributed by atoms with van der Waals surface area (Å²) in [4.78, 5) is 14.4. The summed E-state index contributed by atoms with van der Waals surface area (Å²) in [6.45, 7) is 1.88. The highest BCUT2D eigenvalue weighted by Gasteiger charge is 2.20. The van der Waals surface area contributed by atoms with Gasteiger partial charge in [-0.05, 0) is 43.3 Å². The van der Waals surface area contributed by atoms with Crippen molar-refractivity contribution in [2.24, 2.45) is 0 Å². The summed E-state index contributed by atoms with van der Waals surface area (Å²) in [7, 11) is -3.77. The molecular formula is C20H14ClN3O5S. The minimum Gasteiger partial charge on any atom is -0.450 e. The molecule has 0 aliphatic carbocycles. The topological polar surface area (TPSA) is 104 Å². The van der Waals surface area contributed by atoms with Gasteiger partial charge in [-0.2, -0.15) is 0 Å². The van der Waals surface area contributed by atoms with Crippen LogP contribution in [0.1, 0.15) is 5.56 Å². The van der Waals surface area contributed by atoms with Crippen LogP contribution in [-0.2, 0) is 10.0 Å². The van der Waals surface area contributed by atoms with Gasteiger partial charge in [0, 0.05) is 17.6 Å². The maximum absolute atomic E-state index is 13.0. The monoisotopic (exact) mass is 443 g/mol. The number of fused-ring (bicyclic) bond motifs is 1. The first kappa shape index (κ1) is 19.9. The summed E-state index contributed by atoms with van der Waals surface area (Å²) in [5.41, 5.74) is 1.07. The number of pyridine rings is 1. The SMILES string of the molecule is Cc1ccc(S(=O)(=O)n2ccc3cc(Oc4cc(Cl)ncc4[N+](=O)[O-])ccc32)cc1. The molecule has 0 saturated carbocycles. The molecule has 0 radical (unpaired) electrons. The number of ether oxygens (including phenoxy) is 1. The number of halogens is 1. The van der Waals surface area contributed by atoms with Crippen molar-refractivity contribution in [3.8, 4) is 11.5 Å². The zero-order valence-corrected chi connectivity index (χ0v) is 17.1. The molecule has 0 N–H and O–H groups in total. The van der Waals surface area contributed by atoms with Crippen LogP contribution in [-0.4, -0.2) is 22.3 Å². The predicted molar refractivity (Wildman–Crippen MR) is 112 cm³/mol. The van der Waals surface area contributed by atoms with Crippen LogP contribution in [0, 0.1) is 17.0 Å². The van der Waals surface area contributed by atoms with Crippen molar-refractivity contribution in [1.82, 2.24) is 8.96 Å². The van der Waals surface area contributed by atoms with E-state index in [1.165, 1.54) is 22.3 Å². The fraction of sp³-hybridized carbons (Fsp3) is 0.0500. The highest BCUT2D eigenvalue weighted by molar-refractivity contribution is 7.90. The Kier molecular flexibility index (Phi) is 4.92. The van der Waals surface area contributed by atoms with Crippen molar-refractivity contribution >= 4 is 38.2 Å². The average Bonchev–Trinajstić information content (AvgIpc) is 3.12. The van der Waals surface area contributed by atoms with Crippen LogP contribution in [0.15, 0.2) is 71.9 Å². The molecule has 0 fully saturated rings. The first-order valence-corrected chi connectivity index (χ1v) is 10.5. The second-order valence-electron chi connectivity index (χ2n) is 6.48. The fourth-order valence-corrected chi connectivity index (χ4v) is 4.44. The molecule has 2 heterocycles. The summed E-state index contributed by atoms with van der Waals surface area (Å²) in [5, 5.41) is 11.8. The third kappa shape index (κ3) is 3.60. The number of aromatic nitrogens is 2. The Hall–Kier alpha value is -3.43. The van der Waals surface area contributed by atoms with Crippen molar-refractivity contribution in [2.45, 2.75) is 11.8 Å². The second kappa shape index (κ2) is 7.43. The second-order valence-corrected chi connectivity index (χ2v) is 8.69. The van der Waals surface area contributed by atoms with Crippen LogP contribution in [0.5, 0.6) is 11.5 Å². The Morgan fingerprint density at radius 1 is 1.10 bits per heavy atom. The molecule has 2 aromatic heterocycles. The van der Waals surface area contributed by atoms with Crippen LogP contribution in [0.2, 0.25) is 5.15 Å². The van der Waals surface area contributed by atoms with Gasteiger partial charge in [-0.25, -0.2) is 17.4 Å². The van der Waals surface area contributed by atoms with E-state index in [-0.39, 0.29) is 21.5 Å². The van der Waals surface area contributed by atoms with Gasteiger partial charge in [0.25, 0.3) is 10.0 Å². The van der Waals surface area contributed by atoms with E-state index < -0.39 is 14.9 Å². The van der Waals surface area contributed by atoms with Crippen LogP contribution in [0.3, 0.4) is 0 Å². The van der Waals surface area contributed by atoms with Gasteiger partial charge < -0.3 is 4.74 Å². The molecular weight excluding hydrogens is 430 g/mol. The zero-order chi connectivity index (χ0) is 21.5. The maximum atomic E-state index is 13.0. The van der Waals surface area contributed by atoms with E-state index in [4.69, 9.17) is 16.3 Å². The van der Waals surface area contributed by atoms with Crippen molar-refractivity contribution in [2.75, 3.05) is 0 Å². The van der Waals surface area contributed by atoms with Crippen LogP contribution in [0.25, 0.3) is 10.9 Å². The van der Waals surface area contributed by atoms with Gasteiger partial charge in [-0.3, -0.25) is 10.1 Å². The normalized spacial score (nSPS) is 11.5. The third-order valence-electron chi connectivity index (χ3n) is 4.44. The lowest BCUT2D eigenvalue weighted by Gasteiger charge is -2.09. The molecule has 4 rings (SSSR count). The number of rotatable bonds is 5. The smallest absolute Gasteiger partial charge is 0.329 e. The Morgan fingerprint density at radius 3 is 2.53 bits per heavy atom. The summed E-state index contributed by atoms with van der Waals surface area (Å²) in [6.07, 6.45) is 2.47. The molecule has 4 aromatic rings. The van der Waals surface area contributed by atoms with Crippen molar-refractivity contribution < 1.29 is 18.1 Å². The van der Waals surface area contributed by atoms with Crippen molar-refractivity contribution in [1.29, 1.82) is 0 Å². The van der Waals surface area contributed by atoms with E-state index in [1.54, 1.807) is 42.5 Å². The minimum absolute atomic E-state index is 0.0482. The molecule has 0 bridgehead atoms. The maximum Gasteiger partial charge on any atom is 0.329 e. The van der Waals surface area contributed by atoms with Gasteiger partial charge in [-0.1, -0.05) is 29.3 Å². The van der Waals surface area contributed by atoms with Gasteiger partial charge in [0.05, 0.1) is 15.3 Å². The Bertz CT molecular complexity index is 1380. The molecule has 0 saturated heterocycles. The Labute approximate surface area is 176 Å². The van der Waals surface area contributed by atoms with Gasteiger partial charge in [0.1, 0.15) is 17.1 Å². The minimum atomic E-state index is -3.77. The Balaban J connectivity index is 1.72. The van der Waals surface area contributed by atoms with Crippen LogP contribution >= 0.6 is 11.6 Å². The summed E-state index contributed by atoms with van der Waals surface area (Å²) >= 11 is 5.82. The van der Waals surface area contributed by atoms with E-state index in [0.29, 0.717) is 16.7 Å². The van der Waals surface area contributed by atoms with E-state index in [9.17, 15) is 18.5 Å². The lowest BCUT2D eigenvalue weighted by molar-refractivity contribution is -0.386. The zero-order valence-electron chi connectivity index (χ0n) is 15.5. The largest absolute Gasteiger partial charge is 0.450 e. The van der Waals surface area contributed by atoms with E-state index in [0.717, 1.165) is 11.8 Å². The van der Waals surface area contributed by atoms with Crippen LogP contribution < -0.4 is 4.74 Å². The van der Waals surface area contributed by atoms with Crippen molar-refractivity contribution in [3.63, 3.8) is 0 Å². The van der Waals surface area contributed by atoms with Gasteiger partial charge in [0.2, 0.25) is 5.75 Å². The molecule has 10 heteroatoms. The molecule has 0 aliphatic heterocycles. The quantitative estimate of drug-likeness (QED) is 0.246. The van der Waals surface area contributed by atoms with Gasteiger partial charge in [-0.15, -0.1) is 0 Å². The number of benzene rings is 2. The lowest BCUT2D eigenvalue weighted by atomic mass is 10.2.